The van der Waals surface area contributed by atoms with Crippen molar-refractivity contribution in [2.75, 3.05) is 0 Å². The maximum atomic E-state index is 6.35. The maximum Gasteiger partial charge on any atom is 0.0572 e. The number of nitrogens with two attached hydrogens (primary N) is 1. The third-order valence-corrected chi connectivity index (χ3v) is 3.18. The molecule has 0 aliphatic heterocycles. The van der Waals surface area contributed by atoms with Crippen molar-refractivity contribution < 1.29 is 0 Å². The van der Waals surface area contributed by atoms with Crippen molar-refractivity contribution in [2.45, 2.75) is 26.8 Å². The largest absolute Gasteiger partial charge is 0.320 e. The second kappa shape index (κ2) is 4.68. The summed E-state index contributed by atoms with van der Waals surface area (Å²) in [7, 11) is 0. The zero-order valence-corrected chi connectivity index (χ0v) is 10.6. The minimum Gasteiger partial charge on any atom is -0.320 e. The van der Waals surface area contributed by atoms with Crippen LogP contribution in [0.1, 0.15) is 33.9 Å². The van der Waals surface area contributed by atoms with E-state index >= 15 is 0 Å². The highest BCUT2D eigenvalue weighted by Gasteiger charge is 2.13. The number of nitrogens with zero attached hydrogens (tertiary/aromatic N) is 1. The van der Waals surface area contributed by atoms with Crippen molar-refractivity contribution in [1.29, 1.82) is 0 Å². The van der Waals surface area contributed by atoms with Crippen molar-refractivity contribution in [3.05, 3.63) is 64.5 Å². The van der Waals surface area contributed by atoms with Crippen LogP contribution in [0.2, 0.25) is 0 Å². The van der Waals surface area contributed by atoms with Crippen LogP contribution >= 0.6 is 0 Å². The van der Waals surface area contributed by atoms with E-state index < -0.39 is 0 Å². The van der Waals surface area contributed by atoms with Gasteiger partial charge in [0.1, 0.15) is 0 Å². The Hall–Kier alpha value is -1.67. The van der Waals surface area contributed by atoms with Crippen LogP contribution in [0.3, 0.4) is 0 Å². The van der Waals surface area contributed by atoms with Gasteiger partial charge in [0, 0.05) is 12.4 Å². The smallest absolute Gasteiger partial charge is 0.0572 e. The molecule has 1 aromatic carbocycles. The zero-order valence-electron chi connectivity index (χ0n) is 10.6. The highest BCUT2D eigenvalue weighted by molar-refractivity contribution is 5.40. The lowest BCUT2D eigenvalue weighted by Gasteiger charge is -2.17. The van der Waals surface area contributed by atoms with E-state index in [1.165, 1.54) is 22.3 Å². The van der Waals surface area contributed by atoms with Crippen molar-refractivity contribution in [3.63, 3.8) is 0 Å². The molecule has 1 heterocycles. The second-order valence-electron chi connectivity index (χ2n) is 4.57. The lowest BCUT2D eigenvalue weighted by Crippen LogP contribution is -2.15. The Bertz CT molecular complexity index is 532. The van der Waals surface area contributed by atoms with Crippen LogP contribution in [0, 0.1) is 20.8 Å². The van der Waals surface area contributed by atoms with Gasteiger partial charge in [-0.05, 0) is 49.1 Å². The molecular weight excluding hydrogens is 208 g/mol. The molecule has 0 bridgehead atoms. The average Bonchev–Trinajstić information content (AvgIpc) is 2.32. The number of rotatable bonds is 2. The molecule has 1 unspecified atom stereocenters. The molecule has 0 saturated heterocycles. The highest BCUT2D eigenvalue weighted by atomic mass is 14.7. The first-order valence-electron chi connectivity index (χ1n) is 5.83. The summed E-state index contributed by atoms with van der Waals surface area (Å²) in [5.41, 5.74) is 12.3. The number of hydrogen-bond acceptors (Lipinski definition) is 2. The minimum atomic E-state index is -0.0939. The monoisotopic (exact) mass is 226 g/mol. The maximum absolute atomic E-state index is 6.35. The number of hydrogen-bond donors (Lipinski definition) is 1. The Balaban J connectivity index is 2.47. The fourth-order valence-electron chi connectivity index (χ4n) is 2.06. The SMILES string of the molecule is Cc1ccc(C)c(C(N)c2cnccc2C)c1. The van der Waals surface area contributed by atoms with Crippen molar-refractivity contribution >= 4 is 0 Å². The molecule has 0 radical (unpaired) electrons. The molecule has 0 aliphatic rings. The summed E-state index contributed by atoms with van der Waals surface area (Å²) in [6.45, 7) is 6.26. The Morgan fingerprint density at radius 3 is 2.41 bits per heavy atom. The molecule has 88 valence electrons. The van der Waals surface area contributed by atoms with Crippen LogP contribution in [0.15, 0.2) is 36.7 Å². The summed E-state index contributed by atoms with van der Waals surface area (Å²) in [5, 5.41) is 0. The standard InChI is InChI=1S/C15H18N2/c1-10-4-5-11(2)13(8-10)15(16)14-9-17-7-6-12(14)3/h4-9,15H,16H2,1-3H3. The molecule has 2 aromatic rings. The summed E-state index contributed by atoms with van der Waals surface area (Å²) in [5.74, 6) is 0. The van der Waals surface area contributed by atoms with Gasteiger partial charge >= 0.3 is 0 Å². The van der Waals surface area contributed by atoms with Gasteiger partial charge in [0.2, 0.25) is 0 Å². The van der Waals surface area contributed by atoms with E-state index in [-0.39, 0.29) is 6.04 Å². The minimum absolute atomic E-state index is 0.0939. The quantitative estimate of drug-likeness (QED) is 0.854. The third kappa shape index (κ3) is 2.37. The van der Waals surface area contributed by atoms with Gasteiger partial charge in [-0.3, -0.25) is 4.98 Å². The lowest BCUT2D eigenvalue weighted by molar-refractivity contribution is 0.842. The Morgan fingerprint density at radius 1 is 1.00 bits per heavy atom. The van der Waals surface area contributed by atoms with Crippen molar-refractivity contribution in [2.24, 2.45) is 5.73 Å². The summed E-state index contributed by atoms with van der Waals surface area (Å²) in [6, 6.07) is 8.30. The highest BCUT2D eigenvalue weighted by Crippen LogP contribution is 2.25. The fraction of sp³-hybridized carbons (Fsp3) is 0.267. The normalized spacial score (nSPS) is 12.5. The molecule has 1 atom stereocenters. The third-order valence-electron chi connectivity index (χ3n) is 3.18. The molecule has 2 rings (SSSR count). The molecule has 17 heavy (non-hydrogen) atoms. The Morgan fingerprint density at radius 2 is 1.71 bits per heavy atom. The van der Waals surface area contributed by atoms with E-state index in [2.05, 4.69) is 44.0 Å². The first kappa shape index (κ1) is 11.8. The van der Waals surface area contributed by atoms with Crippen LogP contribution in [0.4, 0.5) is 0 Å². The second-order valence-corrected chi connectivity index (χ2v) is 4.57. The fourth-order valence-corrected chi connectivity index (χ4v) is 2.06. The van der Waals surface area contributed by atoms with E-state index in [1.54, 1.807) is 6.20 Å². The molecule has 2 N–H and O–H groups in total. The summed E-state index contributed by atoms with van der Waals surface area (Å²) < 4.78 is 0. The van der Waals surface area contributed by atoms with E-state index in [9.17, 15) is 0 Å². The van der Waals surface area contributed by atoms with E-state index in [0.29, 0.717) is 0 Å². The average molecular weight is 226 g/mol. The molecule has 0 saturated carbocycles. The number of benzene rings is 1. The Labute approximate surface area is 103 Å². The van der Waals surface area contributed by atoms with Crippen LogP contribution in [0.5, 0.6) is 0 Å². The van der Waals surface area contributed by atoms with Gasteiger partial charge in [0.25, 0.3) is 0 Å². The van der Waals surface area contributed by atoms with Gasteiger partial charge in [0.15, 0.2) is 0 Å². The molecule has 2 heteroatoms. The van der Waals surface area contributed by atoms with Gasteiger partial charge in [-0.2, -0.15) is 0 Å². The first-order valence-corrected chi connectivity index (χ1v) is 5.83. The zero-order chi connectivity index (χ0) is 12.4. The van der Waals surface area contributed by atoms with Crippen molar-refractivity contribution in [1.82, 2.24) is 4.98 Å². The van der Waals surface area contributed by atoms with E-state index in [0.717, 1.165) is 5.56 Å². The number of aryl methyl sites for hydroxylation is 3. The van der Waals surface area contributed by atoms with Crippen LogP contribution in [-0.4, -0.2) is 4.98 Å². The first-order chi connectivity index (χ1) is 8.09. The van der Waals surface area contributed by atoms with Crippen LogP contribution < -0.4 is 5.73 Å². The predicted molar refractivity (Wildman–Crippen MR) is 70.9 cm³/mol. The molecule has 0 amide bonds. The van der Waals surface area contributed by atoms with Crippen molar-refractivity contribution in [3.8, 4) is 0 Å². The van der Waals surface area contributed by atoms with Crippen LogP contribution in [-0.2, 0) is 0 Å². The Kier molecular flexibility index (Phi) is 3.25. The summed E-state index contributed by atoms with van der Waals surface area (Å²) >= 11 is 0. The molecular formula is C15H18N2. The van der Waals surface area contributed by atoms with Crippen LogP contribution in [0.25, 0.3) is 0 Å². The van der Waals surface area contributed by atoms with Gasteiger partial charge in [-0.25, -0.2) is 0 Å². The van der Waals surface area contributed by atoms with Gasteiger partial charge < -0.3 is 5.73 Å². The molecule has 2 nitrogen and oxygen atoms in total. The number of aromatic nitrogens is 1. The predicted octanol–water partition coefficient (Wildman–Crippen LogP) is 3.05. The number of pyridine rings is 1. The molecule has 1 aromatic heterocycles. The van der Waals surface area contributed by atoms with Gasteiger partial charge in [0.05, 0.1) is 6.04 Å². The lowest BCUT2D eigenvalue weighted by atomic mass is 9.93. The molecule has 0 aliphatic carbocycles. The van der Waals surface area contributed by atoms with Gasteiger partial charge in [-0.15, -0.1) is 0 Å². The van der Waals surface area contributed by atoms with Gasteiger partial charge in [-0.1, -0.05) is 23.8 Å². The van der Waals surface area contributed by atoms with E-state index in [4.69, 9.17) is 5.73 Å². The molecule has 0 fully saturated rings. The topological polar surface area (TPSA) is 38.9 Å². The molecule has 0 spiro atoms. The summed E-state index contributed by atoms with van der Waals surface area (Å²) in [4.78, 5) is 4.16. The van der Waals surface area contributed by atoms with E-state index in [1.807, 2.05) is 12.3 Å². The summed E-state index contributed by atoms with van der Waals surface area (Å²) in [6.07, 6.45) is 3.66.